The fraction of sp³-hybridized carbons (Fsp3) is 0.429. The van der Waals surface area contributed by atoms with Gasteiger partial charge in [0.15, 0.2) is 5.60 Å². The third-order valence-corrected chi connectivity index (χ3v) is 4.08. The normalized spacial score (nSPS) is 22.6. The smallest absolute Gasteiger partial charge is 0.251 e. The number of aliphatic hydroxyl groups is 1. The molecule has 1 unspecified atom stereocenters. The Hall–Kier alpha value is -1.40. The lowest BCUT2D eigenvalue weighted by molar-refractivity contribution is -0.148. The average molecular weight is 341 g/mol. The number of halogens is 1. The van der Waals surface area contributed by atoms with E-state index in [1.54, 1.807) is 0 Å². The first-order valence-corrected chi connectivity index (χ1v) is 7.24. The first kappa shape index (κ1) is 15.0. The lowest BCUT2D eigenvalue weighted by atomic mass is 9.92. The molecule has 1 heterocycles. The molecule has 108 valence electrons. The summed E-state index contributed by atoms with van der Waals surface area (Å²) in [6.45, 7) is 0.530. The lowest BCUT2D eigenvalue weighted by Gasteiger charge is -2.37. The fourth-order valence-electron chi connectivity index (χ4n) is 2.34. The number of carbonyl (C=O) groups excluding carboxylic acids is 2. The second kappa shape index (κ2) is 5.93. The number of amides is 2. The van der Waals surface area contributed by atoms with Crippen LogP contribution in [0.1, 0.15) is 18.4 Å². The Labute approximate surface area is 125 Å². The van der Waals surface area contributed by atoms with Gasteiger partial charge in [-0.25, -0.2) is 0 Å². The number of carbonyl (C=O) groups is 2. The number of rotatable bonds is 3. The number of nitrogens with zero attached hydrogens (tertiary/aromatic N) is 1. The molecule has 0 aliphatic carbocycles. The van der Waals surface area contributed by atoms with Crippen molar-refractivity contribution in [2.75, 3.05) is 13.1 Å². The quantitative estimate of drug-likeness (QED) is 0.854. The Kier molecular flexibility index (Phi) is 4.45. The van der Waals surface area contributed by atoms with Crippen molar-refractivity contribution in [2.24, 2.45) is 5.73 Å². The summed E-state index contributed by atoms with van der Waals surface area (Å²) in [4.78, 5) is 25.0. The molecule has 20 heavy (non-hydrogen) atoms. The van der Waals surface area contributed by atoms with Crippen LogP contribution in [0.2, 0.25) is 0 Å². The van der Waals surface area contributed by atoms with Gasteiger partial charge in [-0.15, -0.1) is 0 Å². The Bertz CT molecular complexity index is 518. The van der Waals surface area contributed by atoms with Gasteiger partial charge in [-0.2, -0.15) is 0 Å². The molecule has 1 aromatic carbocycles. The summed E-state index contributed by atoms with van der Waals surface area (Å²) in [5.74, 6) is -0.870. The number of likely N-dealkylation sites (tertiary alicyclic amines) is 1. The summed E-state index contributed by atoms with van der Waals surface area (Å²) in [6, 6.07) is 7.48. The topological polar surface area (TPSA) is 83.6 Å². The van der Waals surface area contributed by atoms with Gasteiger partial charge in [0.1, 0.15) is 0 Å². The Morgan fingerprint density at radius 2 is 2.00 bits per heavy atom. The molecular weight excluding hydrogens is 324 g/mol. The van der Waals surface area contributed by atoms with Crippen molar-refractivity contribution in [2.45, 2.75) is 24.9 Å². The predicted molar refractivity (Wildman–Crippen MR) is 77.8 cm³/mol. The van der Waals surface area contributed by atoms with Crippen molar-refractivity contribution in [3.8, 4) is 0 Å². The summed E-state index contributed by atoms with van der Waals surface area (Å²) in [5, 5.41) is 10.1. The average Bonchev–Trinajstić information content (AvgIpc) is 2.41. The molecule has 0 aromatic heterocycles. The van der Waals surface area contributed by atoms with E-state index in [0.717, 1.165) is 10.0 Å². The minimum absolute atomic E-state index is 0.0162. The van der Waals surface area contributed by atoms with E-state index in [1.165, 1.54) is 4.90 Å². The standard InChI is InChI=1S/C14H17BrN2O3/c15-11-4-2-10(3-5-11)8-12(18)17-7-1-6-14(20,9-17)13(16)19/h2-5,20H,1,6-9H2,(H2,16,19). The first-order chi connectivity index (χ1) is 9.40. The maximum absolute atomic E-state index is 12.2. The SMILES string of the molecule is NC(=O)C1(O)CCCN(C(=O)Cc2ccc(Br)cc2)C1. The minimum Gasteiger partial charge on any atom is -0.378 e. The van der Waals surface area contributed by atoms with Gasteiger partial charge in [0.2, 0.25) is 5.91 Å². The van der Waals surface area contributed by atoms with E-state index < -0.39 is 11.5 Å². The zero-order valence-corrected chi connectivity index (χ0v) is 12.6. The molecule has 1 saturated heterocycles. The van der Waals surface area contributed by atoms with Crippen LogP contribution in [0.25, 0.3) is 0 Å². The van der Waals surface area contributed by atoms with Crippen molar-refractivity contribution in [1.82, 2.24) is 4.90 Å². The highest BCUT2D eigenvalue weighted by atomic mass is 79.9. The summed E-state index contributed by atoms with van der Waals surface area (Å²) in [7, 11) is 0. The summed E-state index contributed by atoms with van der Waals surface area (Å²) in [5.41, 5.74) is 4.51. The van der Waals surface area contributed by atoms with Gasteiger partial charge in [0.05, 0.1) is 13.0 Å². The number of hydrogen-bond acceptors (Lipinski definition) is 3. The van der Waals surface area contributed by atoms with Gasteiger partial charge in [-0.3, -0.25) is 9.59 Å². The van der Waals surface area contributed by atoms with E-state index in [-0.39, 0.29) is 18.9 Å². The molecule has 1 atom stereocenters. The highest BCUT2D eigenvalue weighted by Gasteiger charge is 2.39. The number of nitrogens with two attached hydrogens (primary N) is 1. The molecule has 5 nitrogen and oxygen atoms in total. The van der Waals surface area contributed by atoms with Crippen LogP contribution in [0.5, 0.6) is 0 Å². The molecule has 0 radical (unpaired) electrons. The Morgan fingerprint density at radius 1 is 1.35 bits per heavy atom. The molecule has 2 amide bonds. The van der Waals surface area contributed by atoms with Crippen LogP contribution < -0.4 is 5.73 Å². The van der Waals surface area contributed by atoms with Crippen molar-refractivity contribution < 1.29 is 14.7 Å². The Morgan fingerprint density at radius 3 is 2.60 bits per heavy atom. The van der Waals surface area contributed by atoms with Crippen LogP contribution in [-0.4, -0.2) is 40.5 Å². The molecule has 1 aromatic rings. The highest BCUT2D eigenvalue weighted by Crippen LogP contribution is 2.21. The second-order valence-corrected chi connectivity index (χ2v) is 6.03. The van der Waals surface area contributed by atoms with E-state index in [9.17, 15) is 14.7 Å². The predicted octanol–water partition coefficient (Wildman–Crippen LogP) is 0.830. The lowest BCUT2D eigenvalue weighted by Crippen LogP contribution is -2.57. The van der Waals surface area contributed by atoms with Gasteiger partial charge in [0, 0.05) is 11.0 Å². The maximum Gasteiger partial charge on any atom is 0.251 e. The van der Waals surface area contributed by atoms with Crippen LogP contribution >= 0.6 is 15.9 Å². The van der Waals surface area contributed by atoms with Gasteiger partial charge in [-0.1, -0.05) is 28.1 Å². The van der Waals surface area contributed by atoms with E-state index in [2.05, 4.69) is 15.9 Å². The summed E-state index contributed by atoms with van der Waals surface area (Å²) in [6.07, 6.45) is 1.14. The van der Waals surface area contributed by atoms with Crippen molar-refractivity contribution in [1.29, 1.82) is 0 Å². The van der Waals surface area contributed by atoms with Crippen molar-refractivity contribution >= 4 is 27.7 Å². The third kappa shape index (κ3) is 3.37. The van der Waals surface area contributed by atoms with Gasteiger partial charge >= 0.3 is 0 Å². The van der Waals surface area contributed by atoms with Crippen LogP contribution in [0.3, 0.4) is 0 Å². The molecule has 6 heteroatoms. The first-order valence-electron chi connectivity index (χ1n) is 6.45. The highest BCUT2D eigenvalue weighted by molar-refractivity contribution is 9.10. The van der Waals surface area contributed by atoms with E-state index in [1.807, 2.05) is 24.3 Å². The largest absolute Gasteiger partial charge is 0.378 e. The minimum atomic E-state index is -1.59. The molecule has 0 saturated carbocycles. The Balaban J connectivity index is 2.02. The van der Waals surface area contributed by atoms with Crippen LogP contribution in [0.15, 0.2) is 28.7 Å². The number of primary amides is 1. The van der Waals surface area contributed by atoms with E-state index in [4.69, 9.17) is 5.73 Å². The second-order valence-electron chi connectivity index (χ2n) is 5.12. The molecule has 1 aliphatic rings. The molecule has 1 fully saturated rings. The van der Waals surface area contributed by atoms with Crippen LogP contribution in [0, 0.1) is 0 Å². The van der Waals surface area contributed by atoms with Crippen LogP contribution in [0.4, 0.5) is 0 Å². The zero-order valence-electron chi connectivity index (χ0n) is 11.0. The monoisotopic (exact) mass is 340 g/mol. The van der Waals surface area contributed by atoms with Crippen molar-refractivity contribution in [3.05, 3.63) is 34.3 Å². The molecule has 0 bridgehead atoms. The molecule has 3 N–H and O–H groups in total. The molecule has 2 rings (SSSR count). The zero-order chi connectivity index (χ0) is 14.8. The van der Waals surface area contributed by atoms with Gasteiger partial charge in [0.25, 0.3) is 5.91 Å². The summed E-state index contributed by atoms with van der Waals surface area (Å²) < 4.78 is 0.953. The number of β-amino-alcohol motifs (C(OH)–C–C–N with tert-alkyl or cyclic N) is 1. The van der Waals surface area contributed by atoms with Crippen molar-refractivity contribution in [3.63, 3.8) is 0 Å². The summed E-state index contributed by atoms with van der Waals surface area (Å²) >= 11 is 3.34. The maximum atomic E-state index is 12.2. The van der Waals surface area contributed by atoms with Gasteiger partial charge < -0.3 is 15.7 Å². The fourth-order valence-corrected chi connectivity index (χ4v) is 2.60. The number of hydrogen-bond donors (Lipinski definition) is 2. The van der Waals surface area contributed by atoms with E-state index >= 15 is 0 Å². The number of benzene rings is 1. The molecular formula is C14H17BrN2O3. The molecule has 1 aliphatic heterocycles. The molecule has 0 spiro atoms. The van der Waals surface area contributed by atoms with Crippen LogP contribution in [-0.2, 0) is 16.0 Å². The van der Waals surface area contributed by atoms with E-state index in [0.29, 0.717) is 19.4 Å². The third-order valence-electron chi connectivity index (χ3n) is 3.55. The van der Waals surface area contributed by atoms with Gasteiger partial charge in [-0.05, 0) is 30.5 Å². The number of piperidine rings is 1.